The summed E-state index contributed by atoms with van der Waals surface area (Å²) in [6.45, 7) is 4.70. The summed E-state index contributed by atoms with van der Waals surface area (Å²) in [4.78, 5) is 0. The number of benzene rings is 1. The lowest BCUT2D eigenvalue weighted by Gasteiger charge is -2.34. The molecule has 1 heterocycles. The maximum atomic E-state index is 12.6. The Hall–Kier alpha value is -1.00. The predicted molar refractivity (Wildman–Crippen MR) is 62.2 cm³/mol. The second-order valence-corrected chi connectivity index (χ2v) is 4.50. The highest BCUT2D eigenvalue weighted by atomic mass is 19.3. The monoisotopic (exact) mass is 241 g/mol. The van der Waals surface area contributed by atoms with Crippen molar-refractivity contribution in [2.75, 3.05) is 6.54 Å². The minimum absolute atomic E-state index is 0.0531. The zero-order valence-corrected chi connectivity index (χ0v) is 9.99. The van der Waals surface area contributed by atoms with Crippen LogP contribution in [0.5, 0.6) is 0 Å². The molecule has 1 aromatic carbocycles. The SMILES string of the molecule is CC1NCC(c2cccc(C(F)F)c2)OC1C. The standard InChI is InChI=1S/C13H17F2NO/c1-8-9(2)17-12(7-16-8)10-4-3-5-11(6-10)13(14)15/h3-6,8-9,12-13,16H,7H2,1-2H3. The van der Waals surface area contributed by atoms with Gasteiger partial charge < -0.3 is 10.1 Å². The Morgan fingerprint density at radius 3 is 2.76 bits per heavy atom. The average Bonchev–Trinajstić information content (AvgIpc) is 2.33. The van der Waals surface area contributed by atoms with Crippen molar-refractivity contribution in [2.45, 2.75) is 38.5 Å². The number of rotatable bonds is 2. The van der Waals surface area contributed by atoms with Crippen molar-refractivity contribution in [1.82, 2.24) is 5.32 Å². The van der Waals surface area contributed by atoms with Gasteiger partial charge in [0.25, 0.3) is 6.43 Å². The highest BCUT2D eigenvalue weighted by Gasteiger charge is 2.25. The summed E-state index contributed by atoms with van der Waals surface area (Å²) in [5.74, 6) is 0. The van der Waals surface area contributed by atoms with Crippen LogP contribution in [-0.4, -0.2) is 18.7 Å². The molecule has 0 amide bonds. The molecule has 0 aliphatic carbocycles. The molecule has 94 valence electrons. The Morgan fingerprint density at radius 1 is 1.35 bits per heavy atom. The van der Waals surface area contributed by atoms with E-state index in [0.717, 1.165) is 5.56 Å². The van der Waals surface area contributed by atoms with Gasteiger partial charge in [0.15, 0.2) is 0 Å². The summed E-state index contributed by atoms with van der Waals surface area (Å²) in [6, 6.07) is 6.75. The number of alkyl halides is 2. The lowest BCUT2D eigenvalue weighted by molar-refractivity contribution is -0.0509. The second-order valence-electron chi connectivity index (χ2n) is 4.50. The van der Waals surface area contributed by atoms with Gasteiger partial charge in [-0.2, -0.15) is 0 Å². The van der Waals surface area contributed by atoms with Crippen molar-refractivity contribution >= 4 is 0 Å². The number of nitrogens with one attached hydrogen (secondary N) is 1. The molecule has 3 unspecified atom stereocenters. The fourth-order valence-corrected chi connectivity index (χ4v) is 1.98. The summed E-state index contributed by atoms with van der Waals surface area (Å²) >= 11 is 0. The van der Waals surface area contributed by atoms with Gasteiger partial charge in [0.1, 0.15) is 0 Å². The van der Waals surface area contributed by atoms with Crippen molar-refractivity contribution in [3.8, 4) is 0 Å². The van der Waals surface area contributed by atoms with E-state index in [4.69, 9.17) is 4.74 Å². The predicted octanol–water partition coefficient (Wildman–Crippen LogP) is 3.06. The minimum atomic E-state index is -2.43. The molecular weight excluding hydrogens is 224 g/mol. The van der Waals surface area contributed by atoms with Gasteiger partial charge in [0.2, 0.25) is 0 Å². The Bertz CT molecular complexity index is 383. The number of halogens is 2. The van der Waals surface area contributed by atoms with Crippen molar-refractivity contribution in [3.63, 3.8) is 0 Å². The van der Waals surface area contributed by atoms with E-state index in [0.29, 0.717) is 12.6 Å². The largest absolute Gasteiger partial charge is 0.368 e. The molecule has 17 heavy (non-hydrogen) atoms. The van der Waals surface area contributed by atoms with E-state index in [1.54, 1.807) is 6.07 Å². The van der Waals surface area contributed by atoms with E-state index in [2.05, 4.69) is 12.2 Å². The van der Waals surface area contributed by atoms with Crippen molar-refractivity contribution in [3.05, 3.63) is 35.4 Å². The van der Waals surface area contributed by atoms with Crippen LogP contribution in [0.1, 0.15) is 37.5 Å². The van der Waals surface area contributed by atoms with Crippen molar-refractivity contribution in [2.24, 2.45) is 0 Å². The molecule has 1 saturated heterocycles. The van der Waals surface area contributed by atoms with Crippen molar-refractivity contribution < 1.29 is 13.5 Å². The van der Waals surface area contributed by atoms with Gasteiger partial charge in [0, 0.05) is 18.2 Å². The van der Waals surface area contributed by atoms with Crippen LogP contribution in [0.2, 0.25) is 0 Å². The van der Waals surface area contributed by atoms with Crippen LogP contribution in [0.15, 0.2) is 24.3 Å². The maximum absolute atomic E-state index is 12.6. The van der Waals surface area contributed by atoms with Crippen LogP contribution in [0.3, 0.4) is 0 Å². The Balaban J connectivity index is 2.14. The van der Waals surface area contributed by atoms with Gasteiger partial charge in [-0.25, -0.2) is 8.78 Å². The fraction of sp³-hybridized carbons (Fsp3) is 0.538. The molecule has 1 aliphatic rings. The van der Waals surface area contributed by atoms with E-state index in [1.807, 2.05) is 13.0 Å². The molecule has 0 bridgehead atoms. The summed E-state index contributed by atoms with van der Waals surface area (Å²) < 4.78 is 31.0. The normalized spacial score (nSPS) is 29.6. The molecule has 1 aliphatic heterocycles. The molecule has 0 saturated carbocycles. The summed E-state index contributed by atoms with van der Waals surface area (Å²) in [5, 5.41) is 3.32. The summed E-state index contributed by atoms with van der Waals surface area (Å²) in [7, 11) is 0. The summed E-state index contributed by atoms with van der Waals surface area (Å²) in [6.07, 6.45) is -2.48. The fourth-order valence-electron chi connectivity index (χ4n) is 1.98. The first kappa shape index (κ1) is 12.5. The van der Waals surface area contributed by atoms with E-state index < -0.39 is 6.43 Å². The first-order chi connectivity index (χ1) is 8.08. The maximum Gasteiger partial charge on any atom is 0.263 e. The molecule has 2 rings (SSSR count). The van der Waals surface area contributed by atoms with Gasteiger partial charge in [-0.05, 0) is 25.5 Å². The van der Waals surface area contributed by atoms with Crippen LogP contribution < -0.4 is 5.32 Å². The molecule has 2 nitrogen and oxygen atoms in total. The first-order valence-corrected chi connectivity index (χ1v) is 5.85. The van der Waals surface area contributed by atoms with Crippen LogP contribution in [0, 0.1) is 0 Å². The highest BCUT2D eigenvalue weighted by Crippen LogP contribution is 2.27. The van der Waals surface area contributed by atoms with Gasteiger partial charge >= 0.3 is 0 Å². The molecular formula is C13H17F2NO. The molecule has 1 fully saturated rings. The quantitative estimate of drug-likeness (QED) is 0.859. The zero-order valence-electron chi connectivity index (χ0n) is 9.99. The van der Waals surface area contributed by atoms with Gasteiger partial charge in [-0.1, -0.05) is 18.2 Å². The third-order valence-electron chi connectivity index (χ3n) is 3.24. The van der Waals surface area contributed by atoms with Gasteiger partial charge in [0.05, 0.1) is 12.2 Å². The van der Waals surface area contributed by atoms with E-state index in [9.17, 15) is 8.78 Å². The molecule has 0 radical (unpaired) electrons. The highest BCUT2D eigenvalue weighted by molar-refractivity contribution is 5.26. The molecule has 1 aromatic rings. The smallest absolute Gasteiger partial charge is 0.263 e. The topological polar surface area (TPSA) is 21.3 Å². The van der Waals surface area contributed by atoms with Gasteiger partial charge in [-0.15, -0.1) is 0 Å². The van der Waals surface area contributed by atoms with E-state index >= 15 is 0 Å². The van der Waals surface area contributed by atoms with E-state index in [-0.39, 0.29) is 17.8 Å². The van der Waals surface area contributed by atoms with Crippen LogP contribution in [0.25, 0.3) is 0 Å². The molecule has 1 N–H and O–H groups in total. The van der Waals surface area contributed by atoms with Crippen molar-refractivity contribution in [1.29, 1.82) is 0 Å². The number of ether oxygens (including phenoxy) is 1. The number of hydrogen-bond acceptors (Lipinski definition) is 2. The molecule has 0 spiro atoms. The van der Waals surface area contributed by atoms with Crippen LogP contribution in [0.4, 0.5) is 8.78 Å². The molecule has 3 atom stereocenters. The Labute approximate surface area is 100.0 Å². The lowest BCUT2D eigenvalue weighted by atomic mass is 10.0. The first-order valence-electron chi connectivity index (χ1n) is 5.85. The van der Waals surface area contributed by atoms with Crippen LogP contribution >= 0.6 is 0 Å². The number of morpholine rings is 1. The summed E-state index contributed by atoms with van der Waals surface area (Å²) in [5.41, 5.74) is 0.867. The minimum Gasteiger partial charge on any atom is -0.368 e. The second kappa shape index (κ2) is 5.10. The Morgan fingerprint density at radius 2 is 2.12 bits per heavy atom. The Kier molecular flexibility index (Phi) is 3.74. The van der Waals surface area contributed by atoms with Gasteiger partial charge in [-0.3, -0.25) is 0 Å². The average molecular weight is 241 g/mol. The third kappa shape index (κ3) is 2.82. The molecule has 4 heteroatoms. The number of hydrogen-bond donors (Lipinski definition) is 1. The van der Waals surface area contributed by atoms with E-state index in [1.165, 1.54) is 12.1 Å². The lowest BCUT2D eigenvalue weighted by Crippen LogP contribution is -2.46. The van der Waals surface area contributed by atoms with Crippen LogP contribution in [-0.2, 0) is 4.74 Å². The molecule has 0 aromatic heterocycles. The third-order valence-corrected chi connectivity index (χ3v) is 3.24. The zero-order chi connectivity index (χ0) is 12.4.